The second kappa shape index (κ2) is 9.76. The third-order valence-corrected chi connectivity index (χ3v) is 8.32. The van der Waals surface area contributed by atoms with Crippen LogP contribution in [0.25, 0.3) is 0 Å². The normalized spacial score (nSPS) is 17.4. The lowest BCUT2D eigenvalue weighted by atomic mass is 9.73. The number of hydrogen-bond donors (Lipinski definition) is 0. The predicted molar refractivity (Wildman–Crippen MR) is 168 cm³/mol. The molecule has 5 heteroatoms. The standard InChI is InChI=1S/C36H39N3O2/c1-22-17-23(2)32(20-27(22)34-38-24(3)21-40-34)41-26-13-14-29-31(19-26)39(30-12-10-9-11-28(30)36(29,7)8)33-18-25(15-16-37-33)35(4,5)6/h9-20,24H,21H2,1-8H3/t24-/m1/s1. The molecule has 0 bridgehead atoms. The van der Waals surface area contributed by atoms with Crippen LogP contribution in [0.1, 0.15) is 74.9 Å². The van der Waals surface area contributed by atoms with Crippen LogP contribution in [0.2, 0.25) is 0 Å². The first kappa shape index (κ1) is 27.1. The molecule has 0 amide bonds. The molecule has 6 rings (SSSR count). The van der Waals surface area contributed by atoms with Gasteiger partial charge >= 0.3 is 0 Å². The Morgan fingerprint density at radius 1 is 0.902 bits per heavy atom. The minimum absolute atomic E-state index is 0.00581. The maximum atomic E-state index is 6.62. The number of rotatable bonds is 4. The molecule has 5 nitrogen and oxygen atoms in total. The summed E-state index contributed by atoms with van der Waals surface area (Å²) in [7, 11) is 0. The molecule has 0 spiro atoms. The van der Waals surface area contributed by atoms with Crippen LogP contribution in [0.4, 0.5) is 17.2 Å². The molecule has 1 atom stereocenters. The van der Waals surface area contributed by atoms with E-state index in [1.54, 1.807) is 0 Å². The largest absolute Gasteiger partial charge is 0.475 e. The van der Waals surface area contributed by atoms with Gasteiger partial charge in [-0.3, -0.25) is 4.90 Å². The summed E-state index contributed by atoms with van der Waals surface area (Å²) >= 11 is 0. The maximum Gasteiger partial charge on any atom is 0.216 e. The number of benzene rings is 3. The lowest BCUT2D eigenvalue weighted by molar-refractivity contribution is 0.324. The van der Waals surface area contributed by atoms with E-state index in [1.807, 2.05) is 6.20 Å². The van der Waals surface area contributed by atoms with E-state index < -0.39 is 0 Å². The number of fused-ring (bicyclic) bond motifs is 2. The van der Waals surface area contributed by atoms with E-state index in [2.05, 4.69) is 132 Å². The van der Waals surface area contributed by atoms with Gasteiger partial charge in [-0.25, -0.2) is 9.98 Å². The van der Waals surface area contributed by atoms with Crippen molar-refractivity contribution < 1.29 is 9.47 Å². The van der Waals surface area contributed by atoms with Gasteiger partial charge in [0.05, 0.1) is 17.4 Å². The van der Waals surface area contributed by atoms with Crippen molar-refractivity contribution >= 4 is 23.1 Å². The van der Waals surface area contributed by atoms with Crippen LogP contribution in [0, 0.1) is 13.8 Å². The van der Waals surface area contributed by atoms with Gasteiger partial charge < -0.3 is 9.47 Å². The minimum Gasteiger partial charge on any atom is -0.475 e. The van der Waals surface area contributed by atoms with E-state index in [1.165, 1.54) is 16.7 Å². The Kier molecular flexibility index (Phi) is 6.44. The molecule has 2 aliphatic heterocycles. The van der Waals surface area contributed by atoms with Gasteiger partial charge in [0.1, 0.15) is 23.9 Å². The monoisotopic (exact) mass is 545 g/mol. The number of para-hydroxylation sites is 1. The van der Waals surface area contributed by atoms with E-state index in [4.69, 9.17) is 14.5 Å². The topological polar surface area (TPSA) is 47.0 Å². The highest BCUT2D eigenvalue weighted by Gasteiger charge is 2.37. The van der Waals surface area contributed by atoms with Crippen molar-refractivity contribution in [2.24, 2.45) is 4.99 Å². The van der Waals surface area contributed by atoms with Crippen LogP contribution in [-0.4, -0.2) is 23.5 Å². The summed E-state index contributed by atoms with van der Waals surface area (Å²) in [5.41, 5.74) is 8.95. The fourth-order valence-electron chi connectivity index (χ4n) is 5.94. The molecule has 0 radical (unpaired) electrons. The summed E-state index contributed by atoms with van der Waals surface area (Å²) in [6.45, 7) is 18.1. The van der Waals surface area contributed by atoms with Gasteiger partial charge in [-0.2, -0.15) is 0 Å². The van der Waals surface area contributed by atoms with Gasteiger partial charge in [0.15, 0.2) is 0 Å². The van der Waals surface area contributed by atoms with E-state index in [9.17, 15) is 0 Å². The molecule has 0 N–H and O–H groups in total. The van der Waals surface area contributed by atoms with Crippen LogP contribution in [0.3, 0.4) is 0 Å². The average Bonchev–Trinajstić information content (AvgIpc) is 3.36. The summed E-state index contributed by atoms with van der Waals surface area (Å²) in [6, 6.07) is 23.8. The zero-order valence-corrected chi connectivity index (χ0v) is 25.4. The van der Waals surface area contributed by atoms with Gasteiger partial charge in [0, 0.05) is 23.2 Å². The highest BCUT2D eigenvalue weighted by Crippen LogP contribution is 2.52. The Balaban J connectivity index is 1.47. The fourth-order valence-corrected chi connectivity index (χ4v) is 5.94. The number of hydrogen-bond acceptors (Lipinski definition) is 5. The third-order valence-electron chi connectivity index (χ3n) is 8.32. The number of nitrogens with zero attached hydrogens (tertiary/aromatic N) is 3. The lowest BCUT2D eigenvalue weighted by Gasteiger charge is -2.41. The van der Waals surface area contributed by atoms with Crippen molar-refractivity contribution in [1.82, 2.24) is 4.98 Å². The Hall–Kier alpha value is -4.12. The predicted octanol–water partition coefficient (Wildman–Crippen LogP) is 9.06. The van der Waals surface area contributed by atoms with Crippen LogP contribution < -0.4 is 9.64 Å². The van der Waals surface area contributed by atoms with E-state index in [-0.39, 0.29) is 16.9 Å². The highest BCUT2D eigenvalue weighted by atomic mass is 16.5. The zero-order valence-electron chi connectivity index (χ0n) is 25.4. The number of aromatic nitrogens is 1. The van der Waals surface area contributed by atoms with Crippen molar-refractivity contribution in [3.63, 3.8) is 0 Å². The Bertz CT molecular complexity index is 1680. The van der Waals surface area contributed by atoms with Gasteiger partial charge in [-0.1, -0.05) is 65.0 Å². The molecule has 0 unspecified atom stereocenters. The van der Waals surface area contributed by atoms with Crippen molar-refractivity contribution in [3.05, 3.63) is 106 Å². The SMILES string of the molecule is Cc1cc(C)c(C2=N[C@H](C)CO2)cc1Oc1ccc2c(c1)N(c1cc(C(C)(C)C)ccn1)c1ccccc1C2(C)C. The van der Waals surface area contributed by atoms with Crippen molar-refractivity contribution in [3.8, 4) is 11.5 Å². The smallest absolute Gasteiger partial charge is 0.216 e. The highest BCUT2D eigenvalue weighted by molar-refractivity contribution is 5.97. The lowest BCUT2D eigenvalue weighted by Crippen LogP contribution is -2.31. The van der Waals surface area contributed by atoms with Crippen LogP contribution >= 0.6 is 0 Å². The Morgan fingerprint density at radius 3 is 2.39 bits per heavy atom. The fraction of sp³-hybridized carbons (Fsp3) is 0.333. The molecular formula is C36H39N3O2. The van der Waals surface area contributed by atoms with Gasteiger partial charge in [-0.05, 0) is 84.3 Å². The molecule has 0 fully saturated rings. The van der Waals surface area contributed by atoms with E-state index in [0.717, 1.165) is 45.4 Å². The van der Waals surface area contributed by atoms with Gasteiger partial charge in [0.25, 0.3) is 0 Å². The average molecular weight is 546 g/mol. The quantitative estimate of drug-likeness (QED) is 0.257. The van der Waals surface area contributed by atoms with E-state index >= 15 is 0 Å². The summed E-state index contributed by atoms with van der Waals surface area (Å²) in [5, 5.41) is 0. The van der Waals surface area contributed by atoms with Crippen LogP contribution in [0.5, 0.6) is 11.5 Å². The number of pyridine rings is 1. The molecule has 0 saturated carbocycles. The van der Waals surface area contributed by atoms with Crippen molar-refractivity contribution in [2.75, 3.05) is 11.5 Å². The van der Waals surface area contributed by atoms with Gasteiger partial charge in [0.2, 0.25) is 5.90 Å². The molecule has 0 aliphatic carbocycles. The first-order chi connectivity index (χ1) is 19.4. The Morgan fingerprint density at radius 2 is 1.66 bits per heavy atom. The molecule has 210 valence electrons. The molecule has 2 aliphatic rings. The molecule has 41 heavy (non-hydrogen) atoms. The summed E-state index contributed by atoms with van der Waals surface area (Å²) in [5.74, 6) is 3.17. The number of anilines is 3. The number of aryl methyl sites for hydroxylation is 2. The van der Waals surface area contributed by atoms with Gasteiger partial charge in [-0.15, -0.1) is 0 Å². The molecule has 4 aromatic rings. The number of ether oxygens (including phenoxy) is 2. The second-order valence-corrected chi connectivity index (χ2v) is 12.9. The number of aliphatic imine (C=N–C) groups is 1. The Labute approximate surface area is 243 Å². The maximum absolute atomic E-state index is 6.62. The molecule has 0 saturated heterocycles. The first-order valence-electron chi connectivity index (χ1n) is 14.4. The molecule has 3 heterocycles. The third kappa shape index (κ3) is 4.77. The molecular weight excluding hydrogens is 506 g/mol. The molecule has 1 aromatic heterocycles. The summed E-state index contributed by atoms with van der Waals surface area (Å²) in [4.78, 5) is 11.9. The minimum atomic E-state index is -0.190. The molecule has 3 aromatic carbocycles. The first-order valence-corrected chi connectivity index (χ1v) is 14.4. The van der Waals surface area contributed by atoms with Crippen molar-refractivity contribution in [1.29, 1.82) is 0 Å². The second-order valence-electron chi connectivity index (χ2n) is 12.9. The summed E-state index contributed by atoms with van der Waals surface area (Å²) in [6.07, 6.45) is 1.92. The zero-order chi connectivity index (χ0) is 29.1. The van der Waals surface area contributed by atoms with Crippen LogP contribution in [-0.2, 0) is 15.6 Å². The van der Waals surface area contributed by atoms with Crippen molar-refractivity contribution in [2.45, 2.75) is 72.3 Å². The summed E-state index contributed by atoms with van der Waals surface area (Å²) < 4.78 is 12.5. The van der Waals surface area contributed by atoms with Crippen LogP contribution in [0.15, 0.2) is 77.9 Å². The van der Waals surface area contributed by atoms with E-state index in [0.29, 0.717) is 12.5 Å².